The molecule has 1 aromatic heterocycles. The van der Waals surface area contributed by atoms with Crippen molar-refractivity contribution >= 4 is 17.0 Å². The minimum atomic E-state index is -0.112. The second kappa shape index (κ2) is 7.00. The summed E-state index contributed by atoms with van der Waals surface area (Å²) in [7, 11) is 3.10. The molecular weight excluding hydrogens is 304 g/mol. The molecule has 3 rings (SSSR count). The summed E-state index contributed by atoms with van der Waals surface area (Å²) < 4.78 is 12.1. The third-order valence-corrected chi connectivity index (χ3v) is 3.74. The number of methoxy groups -OCH3 is 2. The van der Waals surface area contributed by atoms with Crippen molar-refractivity contribution in [2.45, 2.75) is 6.54 Å². The van der Waals surface area contributed by atoms with Crippen LogP contribution in [0.2, 0.25) is 0 Å². The molecule has 0 saturated heterocycles. The number of allylic oxidation sites excluding steroid dienone is 1. The fourth-order valence-electron chi connectivity index (χ4n) is 2.48. The zero-order valence-corrected chi connectivity index (χ0v) is 13.6. The number of ether oxygens (including phenoxy) is 2. The zero-order chi connectivity index (χ0) is 16.9. The van der Waals surface area contributed by atoms with Crippen LogP contribution in [-0.2, 0) is 6.54 Å². The topological polar surface area (TPSA) is 53.4 Å². The Labute approximate surface area is 139 Å². The van der Waals surface area contributed by atoms with E-state index in [9.17, 15) is 4.79 Å². The number of nitrogens with zero attached hydrogens (tertiary/aromatic N) is 2. The molecule has 0 saturated carbocycles. The molecule has 0 aliphatic heterocycles. The molecule has 2 aromatic carbocycles. The predicted molar refractivity (Wildman–Crippen MR) is 94.6 cm³/mol. The van der Waals surface area contributed by atoms with Crippen LogP contribution in [0.5, 0.6) is 11.5 Å². The molecule has 122 valence electrons. The Kier molecular flexibility index (Phi) is 4.61. The van der Waals surface area contributed by atoms with Gasteiger partial charge < -0.3 is 9.47 Å². The van der Waals surface area contributed by atoms with Gasteiger partial charge in [0.15, 0.2) is 11.5 Å². The molecule has 0 atom stereocenters. The molecule has 0 fully saturated rings. The second-order valence-corrected chi connectivity index (χ2v) is 5.24. The molecule has 0 amide bonds. The van der Waals surface area contributed by atoms with Gasteiger partial charge in [-0.2, -0.15) is 0 Å². The van der Waals surface area contributed by atoms with Gasteiger partial charge in [-0.1, -0.05) is 42.5 Å². The normalized spacial score (nSPS) is 11.1. The summed E-state index contributed by atoms with van der Waals surface area (Å²) in [4.78, 5) is 17.0. The lowest BCUT2D eigenvalue weighted by atomic mass is 10.2. The summed E-state index contributed by atoms with van der Waals surface area (Å²) in [5.41, 5.74) is 1.56. The third-order valence-electron chi connectivity index (χ3n) is 3.74. The first-order chi connectivity index (χ1) is 11.7. The van der Waals surface area contributed by atoms with Crippen molar-refractivity contribution in [2.24, 2.45) is 0 Å². The van der Waals surface area contributed by atoms with E-state index in [0.717, 1.165) is 5.56 Å². The van der Waals surface area contributed by atoms with E-state index in [1.807, 2.05) is 42.5 Å². The van der Waals surface area contributed by atoms with Gasteiger partial charge in [0, 0.05) is 12.6 Å². The molecule has 0 aliphatic carbocycles. The first-order valence-electron chi connectivity index (χ1n) is 7.55. The van der Waals surface area contributed by atoms with Crippen LogP contribution in [0.3, 0.4) is 0 Å². The molecule has 5 nitrogen and oxygen atoms in total. The highest BCUT2D eigenvalue weighted by Gasteiger charge is 2.10. The Bertz CT molecular complexity index is 930. The molecular formula is C19H18N2O3. The molecule has 0 N–H and O–H groups in total. The average Bonchev–Trinajstić information content (AvgIpc) is 2.63. The summed E-state index contributed by atoms with van der Waals surface area (Å²) >= 11 is 0. The van der Waals surface area contributed by atoms with Crippen molar-refractivity contribution in [1.29, 1.82) is 0 Å². The van der Waals surface area contributed by atoms with Crippen LogP contribution in [0.15, 0.2) is 59.7 Å². The van der Waals surface area contributed by atoms with Crippen LogP contribution in [0.1, 0.15) is 5.56 Å². The van der Waals surface area contributed by atoms with Gasteiger partial charge in [-0.15, -0.1) is 0 Å². The first kappa shape index (κ1) is 15.8. The number of aromatic nitrogens is 2. The maximum atomic E-state index is 12.6. The second-order valence-electron chi connectivity index (χ2n) is 5.24. The lowest BCUT2D eigenvalue weighted by Gasteiger charge is -2.09. The maximum absolute atomic E-state index is 12.6. The molecule has 1 heterocycles. The summed E-state index contributed by atoms with van der Waals surface area (Å²) in [6.07, 6.45) is 5.46. The first-order valence-corrected chi connectivity index (χ1v) is 7.55. The van der Waals surface area contributed by atoms with E-state index < -0.39 is 0 Å². The monoisotopic (exact) mass is 322 g/mol. The van der Waals surface area contributed by atoms with E-state index in [1.54, 1.807) is 37.2 Å². The van der Waals surface area contributed by atoms with E-state index in [0.29, 0.717) is 28.9 Å². The predicted octanol–water partition coefficient (Wildman–Crippen LogP) is 3.13. The number of rotatable bonds is 5. The van der Waals surface area contributed by atoms with Crippen LogP contribution >= 0.6 is 0 Å². The van der Waals surface area contributed by atoms with Crippen LogP contribution in [0, 0.1) is 0 Å². The van der Waals surface area contributed by atoms with Crippen LogP contribution in [0.4, 0.5) is 0 Å². The highest BCUT2D eigenvalue weighted by atomic mass is 16.5. The van der Waals surface area contributed by atoms with Gasteiger partial charge in [-0.25, -0.2) is 4.98 Å². The van der Waals surface area contributed by atoms with Gasteiger partial charge >= 0.3 is 0 Å². The lowest BCUT2D eigenvalue weighted by Crippen LogP contribution is -2.20. The summed E-state index contributed by atoms with van der Waals surface area (Å²) in [5, 5.41) is 0.503. The van der Waals surface area contributed by atoms with Crippen molar-refractivity contribution < 1.29 is 9.47 Å². The van der Waals surface area contributed by atoms with E-state index in [-0.39, 0.29) is 5.56 Å². The minimum absolute atomic E-state index is 0.112. The minimum Gasteiger partial charge on any atom is -0.493 e. The molecule has 24 heavy (non-hydrogen) atoms. The molecule has 0 bridgehead atoms. The Morgan fingerprint density at radius 1 is 1.08 bits per heavy atom. The molecule has 0 radical (unpaired) electrons. The molecule has 3 aromatic rings. The number of benzene rings is 2. The zero-order valence-electron chi connectivity index (χ0n) is 13.6. The van der Waals surface area contributed by atoms with E-state index in [1.165, 1.54) is 0 Å². The Morgan fingerprint density at radius 2 is 1.79 bits per heavy atom. The van der Waals surface area contributed by atoms with E-state index in [4.69, 9.17) is 9.47 Å². The highest BCUT2D eigenvalue weighted by Crippen LogP contribution is 2.29. The maximum Gasteiger partial charge on any atom is 0.261 e. The van der Waals surface area contributed by atoms with Crippen molar-refractivity contribution in [1.82, 2.24) is 9.55 Å². The lowest BCUT2D eigenvalue weighted by molar-refractivity contribution is 0.355. The molecule has 0 spiro atoms. The average molecular weight is 322 g/mol. The van der Waals surface area contributed by atoms with Gasteiger partial charge in [-0.05, 0) is 11.6 Å². The summed E-state index contributed by atoms with van der Waals surface area (Å²) in [5.74, 6) is 1.07. The number of fused-ring (bicyclic) bond motifs is 1. The third kappa shape index (κ3) is 3.15. The standard InChI is InChI=1S/C19H18N2O3/c1-23-17-11-15-16(12-18(17)24-2)20-13-21(19(15)22)10-6-9-14-7-4-3-5-8-14/h3-9,11-13H,10H2,1-2H3/b9-6+. The quantitative estimate of drug-likeness (QED) is 0.724. The van der Waals surface area contributed by atoms with Crippen LogP contribution < -0.4 is 15.0 Å². The fourth-order valence-corrected chi connectivity index (χ4v) is 2.48. The smallest absolute Gasteiger partial charge is 0.261 e. The van der Waals surface area contributed by atoms with Crippen molar-refractivity contribution in [2.75, 3.05) is 14.2 Å². The highest BCUT2D eigenvalue weighted by molar-refractivity contribution is 5.81. The van der Waals surface area contributed by atoms with E-state index in [2.05, 4.69) is 4.98 Å². The molecule has 0 aliphatic rings. The molecule has 5 heteroatoms. The van der Waals surface area contributed by atoms with E-state index >= 15 is 0 Å². The van der Waals surface area contributed by atoms with Gasteiger partial charge in [0.05, 0.1) is 31.4 Å². The van der Waals surface area contributed by atoms with Gasteiger partial charge in [0.25, 0.3) is 5.56 Å². The van der Waals surface area contributed by atoms with Crippen LogP contribution in [0.25, 0.3) is 17.0 Å². The van der Waals surface area contributed by atoms with Crippen LogP contribution in [-0.4, -0.2) is 23.8 Å². The SMILES string of the molecule is COc1cc2ncn(C/C=C/c3ccccc3)c(=O)c2cc1OC. The fraction of sp³-hybridized carbons (Fsp3) is 0.158. The Balaban J connectivity index is 1.93. The van der Waals surface area contributed by atoms with Crippen molar-refractivity contribution in [3.05, 3.63) is 70.8 Å². The summed E-state index contributed by atoms with van der Waals surface area (Å²) in [6.45, 7) is 0.449. The Morgan fingerprint density at radius 3 is 2.50 bits per heavy atom. The largest absolute Gasteiger partial charge is 0.493 e. The van der Waals surface area contributed by atoms with Gasteiger partial charge in [0.1, 0.15) is 0 Å². The van der Waals surface area contributed by atoms with Gasteiger partial charge in [-0.3, -0.25) is 9.36 Å². The van der Waals surface area contributed by atoms with Crippen molar-refractivity contribution in [3.63, 3.8) is 0 Å². The van der Waals surface area contributed by atoms with Crippen molar-refractivity contribution in [3.8, 4) is 11.5 Å². The number of hydrogen-bond donors (Lipinski definition) is 0. The van der Waals surface area contributed by atoms with Gasteiger partial charge in [0.2, 0.25) is 0 Å². The number of hydrogen-bond acceptors (Lipinski definition) is 4. The summed E-state index contributed by atoms with van der Waals surface area (Å²) in [6, 6.07) is 13.3. The molecule has 0 unspecified atom stereocenters. The Hall–Kier alpha value is -3.08.